The van der Waals surface area contributed by atoms with E-state index >= 15 is 0 Å². The minimum Gasteiger partial charge on any atom is -0.380 e. The topological polar surface area (TPSA) is 64.8 Å². The van der Waals surface area contributed by atoms with Gasteiger partial charge in [-0.3, -0.25) is 4.79 Å². The third-order valence-corrected chi connectivity index (χ3v) is 2.36. The van der Waals surface area contributed by atoms with Crippen molar-refractivity contribution in [3.8, 4) is 0 Å². The van der Waals surface area contributed by atoms with Crippen LogP contribution in [0.25, 0.3) is 0 Å². The van der Waals surface area contributed by atoms with Crippen molar-refractivity contribution < 1.29 is 14.3 Å². The third-order valence-electron chi connectivity index (χ3n) is 2.36. The number of morpholine rings is 1. The fourth-order valence-electron chi connectivity index (χ4n) is 1.40. The highest BCUT2D eigenvalue weighted by molar-refractivity contribution is 5.76. The molecule has 1 unspecified atom stereocenters. The number of nitrogens with zero attached hydrogens (tertiary/aromatic N) is 1. The lowest BCUT2D eigenvalue weighted by atomic mass is 10.2. The first-order valence-corrected chi connectivity index (χ1v) is 4.86. The van der Waals surface area contributed by atoms with Crippen molar-refractivity contribution in [2.24, 2.45) is 5.73 Å². The van der Waals surface area contributed by atoms with Crippen molar-refractivity contribution in [2.45, 2.75) is 12.5 Å². The van der Waals surface area contributed by atoms with Gasteiger partial charge in [-0.2, -0.15) is 0 Å². The molecule has 2 N–H and O–H groups in total. The molecule has 5 heteroatoms. The van der Waals surface area contributed by atoms with Gasteiger partial charge in [-0.05, 0) is 0 Å². The lowest BCUT2D eigenvalue weighted by Crippen LogP contribution is -2.42. The monoisotopic (exact) mass is 202 g/mol. The molecule has 0 aromatic carbocycles. The predicted octanol–water partition coefficient (Wildman–Crippen LogP) is -0.791. The maximum absolute atomic E-state index is 11.7. The van der Waals surface area contributed by atoms with Crippen molar-refractivity contribution in [3.63, 3.8) is 0 Å². The molecule has 1 aliphatic heterocycles. The van der Waals surface area contributed by atoms with E-state index in [4.69, 9.17) is 15.2 Å². The summed E-state index contributed by atoms with van der Waals surface area (Å²) in [6.45, 7) is 3.00. The number of amides is 1. The summed E-state index contributed by atoms with van der Waals surface area (Å²) < 4.78 is 10.2. The fraction of sp³-hybridized carbons (Fsp3) is 0.889. The van der Waals surface area contributed by atoms with Gasteiger partial charge in [0.25, 0.3) is 0 Å². The number of rotatable bonds is 4. The van der Waals surface area contributed by atoms with Gasteiger partial charge in [0.2, 0.25) is 5.91 Å². The lowest BCUT2D eigenvalue weighted by Gasteiger charge is -2.28. The van der Waals surface area contributed by atoms with Gasteiger partial charge in [-0.15, -0.1) is 0 Å². The van der Waals surface area contributed by atoms with Gasteiger partial charge in [-0.25, -0.2) is 0 Å². The SMILES string of the molecule is COC(CN)CC(=O)N1CCOCC1. The maximum Gasteiger partial charge on any atom is 0.225 e. The Labute approximate surface area is 84.1 Å². The van der Waals surface area contributed by atoms with Crippen LogP contribution in [0.2, 0.25) is 0 Å². The van der Waals surface area contributed by atoms with E-state index in [1.54, 1.807) is 12.0 Å². The second-order valence-corrected chi connectivity index (χ2v) is 3.29. The van der Waals surface area contributed by atoms with E-state index in [1.807, 2.05) is 0 Å². The maximum atomic E-state index is 11.7. The summed E-state index contributed by atoms with van der Waals surface area (Å²) in [7, 11) is 1.57. The number of methoxy groups -OCH3 is 1. The summed E-state index contributed by atoms with van der Waals surface area (Å²) in [4.78, 5) is 13.5. The van der Waals surface area contributed by atoms with Crippen LogP contribution in [0.1, 0.15) is 6.42 Å². The highest BCUT2D eigenvalue weighted by Crippen LogP contribution is 2.03. The van der Waals surface area contributed by atoms with E-state index in [-0.39, 0.29) is 12.0 Å². The van der Waals surface area contributed by atoms with Crippen LogP contribution in [0.3, 0.4) is 0 Å². The molecule has 0 bridgehead atoms. The van der Waals surface area contributed by atoms with Crippen LogP contribution in [0.15, 0.2) is 0 Å². The Bertz CT molecular complexity index is 177. The summed E-state index contributed by atoms with van der Waals surface area (Å²) in [6.07, 6.45) is 0.206. The predicted molar refractivity (Wildman–Crippen MR) is 51.9 cm³/mol. The smallest absolute Gasteiger partial charge is 0.225 e. The summed E-state index contributed by atoms with van der Waals surface area (Å²) in [5, 5.41) is 0. The minimum atomic E-state index is -0.162. The number of carbonyl (C=O) groups excluding carboxylic acids is 1. The molecule has 1 rings (SSSR count). The Kier molecular flexibility index (Phi) is 4.86. The Morgan fingerprint density at radius 1 is 1.57 bits per heavy atom. The first kappa shape index (κ1) is 11.4. The van der Waals surface area contributed by atoms with Crippen LogP contribution in [0, 0.1) is 0 Å². The number of carbonyl (C=O) groups is 1. The van der Waals surface area contributed by atoms with E-state index in [1.165, 1.54) is 0 Å². The van der Waals surface area contributed by atoms with Crippen LogP contribution in [-0.4, -0.2) is 56.9 Å². The lowest BCUT2D eigenvalue weighted by molar-refractivity contribution is -0.137. The van der Waals surface area contributed by atoms with E-state index in [2.05, 4.69) is 0 Å². The zero-order chi connectivity index (χ0) is 10.4. The zero-order valence-corrected chi connectivity index (χ0v) is 8.57. The van der Waals surface area contributed by atoms with Gasteiger partial charge in [0.15, 0.2) is 0 Å². The van der Waals surface area contributed by atoms with Gasteiger partial charge in [0.05, 0.1) is 25.7 Å². The van der Waals surface area contributed by atoms with Gasteiger partial charge >= 0.3 is 0 Å². The van der Waals surface area contributed by atoms with Crippen molar-refractivity contribution in [2.75, 3.05) is 40.0 Å². The molecule has 0 aliphatic carbocycles. The molecule has 82 valence electrons. The summed E-state index contributed by atoms with van der Waals surface area (Å²) >= 11 is 0. The highest BCUT2D eigenvalue weighted by atomic mass is 16.5. The van der Waals surface area contributed by atoms with Gasteiger partial charge < -0.3 is 20.1 Å². The van der Waals surface area contributed by atoms with Gasteiger partial charge in [-0.1, -0.05) is 0 Å². The third kappa shape index (κ3) is 3.25. The van der Waals surface area contributed by atoms with Crippen molar-refractivity contribution >= 4 is 5.91 Å². The molecular formula is C9H18N2O3. The van der Waals surface area contributed by atoms with E-state index in [0.29, 0.717) is 39.3 Å². The normalized spacial score (nSPS) is 19.4. The molecular weight excluding hydrogens is 184 g/mol. The molecule has 5 nitrogen and oxygen atoms in total. The number of hydrogen-bond donors (Lipinski definition) is 1. The average molecular weight is 202 g/mol. The first-order chi connectivity index (χ1) is 6.77. The van der Waals surface area contributed by atoms with E-state index in [0.717, 1.165) is 0 Å². The quantitative estimate of drug-likeness (QED) is 0.649. The summed E-state index contributed by atoms with van der Waals surface area (Å²) in [5.74, 6) is 0.102. The summed E-state index contributed by atoms with van der Waals surface area (Å²) in [6, 6.07) is 0. The molecule has 1 atom stereocenters. The summed E-state index contributed by atoms with van der Waals surface area (Å²) in [5.41, 5.74) is 5.44. The minimum absolute atomic E-state index is 0.102. The average Bonchev–Trinajstić information content (AvgIpc) is 2.26. The van der Waals surface area contributed by atoms with Gasteiger partial charge in [0, 0.05) is 26.7 Å². The number of nitrogens with two attached hydrogens (primary N) is 1. The van der Waals surface area contributed by atoms with Crippen LogP contribution in [0.4, 0.5) is 0 Å². The molecule has 0 aromatic heterocycles. The Morgan fingerprint density at radius 2 is 2.21 bits per heavy atom. The molecule has 1 aliphatic rings. The number of hydrogen-bond acceptors (Lipinski definition) is 4. The molecule has 1 fully saturated rings. The molecule has 0 aromatic rings. The molecule has 1 saturated heterocycles. The second-order valence-electron chi connectivity index (χ2n) is 3.29. The van der Waals surface area contributed by atoms with Crippen LogP contribution < -0.4 is 5.73 Å². The van der Waals surface area contributed by atoms with Crippen LogP contribution in [0.5, 0.6) is 0 Å². The Hall–Kier alpha value is -0.650. The molecule has 1 amide bonds. The second kappa shape index (κ2) is 5.95. The molecule has 14 heavy (non-hydrogen) atoms. The molecule has 1 heterocycles. The molecule has 0 saturated carbocycles. The van der Waals surface area contributed by atoms with E-state index in [9.17, 15) is 4.79 Å². The fourth-order valence-corrected chi connectivity index (χ4v) is 1.40. The van der Waals surface area contributed by atoms with Crippen LogP contribution >= 0.6 is 0 Å². The standard InChI is InChI=1S/C9H18N2O3/c1-13-8(7-10)6-9(12)11-2-4-14-5-3-11/h8H,2-7,10H2,1H3. The number of ether oxygens (including phenoxy) is 2. The Balaban J connectivity index is 2.32. The first-order valence-electron chi connectivity index (χ1n) is 4.86. The van der Waals surface area contributed by atoms with Crippen molar-refractivity contribution in [1.82, 2.24) is 4.90 Å². The highest BCUT2D eigenvalue weighted by Gasteiger charge is 2.19. The largest absolute Gasteiger partial charge is 0.380 e. The Morgan fingerprint density at radius 3 is 2.71 bits per heavy atom. The zero-order valence-electron chi connectivity index (χ0n) is 8.57. The van der Waals surface area contributed by atoms with Crippen molar-refractivity contribution in [3.05, 3.63) is 0 Å². The molecule has 0 spiro atoms. The van der Waals surface area contributed by atoms with Crippen LogP contribution in [-0.2, 0) is 14.3 Å². The van der Waals surface area contributed by atoms with E-state index < -0.39 is 0 Å². The molecule has 0 radical (unpaired) electrons. The van der Waals surface area contributed by atoms with Gasteiger partial charge in [0.1, 0.15) is 0 Å². The van der Waals surface area contributed by atoms with Crippen molar-refractivity contribution in [1.29, 1.82) is 0 Å².